The Morgan fingerprint density at radius 3 is 2.65 bits per heavy atom. The number of aryl methyl sites for hydroxylation is 1. The van der Waals surface area contributed by atoms with Crippen molar-refractivity contribution in [3.8, 4) is 11.4 Å². The van der Waals surface area contributed by atoms with E-state index in [1.54, 1.807) is 0 Å². The summed E-state index contributed by atoms with van der Waals surface area (Å²) < 4.78 is 0.954. The summed E-state index contributed by atoms with van der Waals surface area (Å²) in [5, 5.41) is 1.54. The first-order valence-electron chi connectivity index (χ1n) is 6.04. The number of aromatic nitrogens is 2. The maximum atomic E-state index is 6.05. The van der Waals surface area contributed by atoms with Crippen LogP contribution in [-0.4, -0.2) is 9.97 Å². The lowest BCUT2D eigenvalue weighted by atomic mass is 10.1. The molecule has 0 fully saturated rings. The predicted molar refractivity (Wildman–Crippen MR) is 86.8 cm³/mol. The molecule has 1 aromatic heterocycles. The van der Waals surface area contributed by atoms with Gasteiger partial charge in [0.1, 0.15) is 5.82 Å². The van der Waals surface area contributed by atoms with E-state index >= 15 is 0 Å². The van der Waals surface area contributed by atoms with E-state index in [0.717, 1.165) is 26.5 Å². The monoisotopic (exact) mass is 347 g/mol. The number of halogens is 2. The van der Waals surface area contributed by atoms with Gasteiger partial charge in [0.05, 0.1) is 5.52 Å². The molecule has 2 N–H and O–H groups in total. The van der Waals surface area contributed by atoms with Gasteiger partial charge in [0, 0.05) is 20.4 Å². The third kappa shape index (κ3) is 2.37. The van der Waals surface area contributed by atoms with E-state index < -0.39 is 0 Å². The second-order valence-corrected chi connectivity index (χ2v) is 5.91. The number of fused-ring (bicyclic) bond motifs is 1. The molecule has 0 bridgehead atoms. The summed E-state index contributed by atoms with van der Waals surface area (Å²) in [5.74, 6) is 1.09. The first kappa shape index (κ1) is 13.3. The molecule has 0 unspecified atom stereocenters. The number of nitrogens with two attached hydrogens (primary N) is 1. The Balaban J connectivity index is 2.24. The summed E-state index contributed by atoms with van der Waals surface area (Å²) >= 11 is 9.40. The van der Waals surface area contributed by atoms with E-state index in [2.05, 4.69) is 25.9 Å². The minimum atomic E-state index is 0.473. The van der Waals surface area contributed by atoms with Crippen molar-refractivity contribution in [1.29, 1.82) is 0 Å². The van der Waals surface area contributed by atoms with E-state index in [4.69, 9.17) is 17.3 Å². The molecular formula is C15H11BrClN3. The highest BCUT2D eigenvalue weighted by Gasteiger charge is 2.10. The van der Waals surface area contributed by atoms with Crippen molar-refractivity contribution in [2.24, 2.45) is 0 Å². The third-order valence-corrected chi connectivity index (χ3v) is 3.84. The minimum Gasteiger partial charge on any atom is -0.383 e. The fourth-order valence-corrected chi connectivity index (χ4v) is 2.71. The van der Waals surface area contributed by atoms with E-state index in [0.29, 0.717) is 16.7 Å². The van der Waals surface area contributed by atoms with Gasteiger partial charge in [-0.15, -0.1) is 0 Å². The number of benzene rings is 2. The summed E-state index contributed by atoms with van der Waals surface area (Å²) in [6.07, 6.45) is 0. The molecule has 20 heavy (non-hydrogen) atoms. The Kier molecular flexibility index (Phi) is 3.36. The molecule has 0 amide bonds. The standard InChI is InChI=1S/C15H11BrClN3/c1-8-6-10(17)3-4-11(8)15-19-13-5-2-9(16)7-12(13)14(18)20-15/h2-7H,1H3,(H2,18,19,20). The number of hydrogen-bond acceptors (Lipinski definition) is 3. The Hall–Kier alpha value is -1.65. The third-order valence-electron chi connectivity index (χ3n) is 3.12. The normalized spacial score (nSPS) is 10.9. The van der Waals surface area contributed by atoms with Gasteiger partial charge in [0.2, 0.25) is 0 Å². The summed E-state index contributed by atoms with van der Waals surface area (Å²) in [7, 11) is 0. The largest absolute Gasteiger partial charge is 0.383 e. The van der Waals surface area contributed by atoms with Crippen LogP contribution in [-0.2, 0) is 0 Å². The second kappa shape index (κ2) is 5.04. The molecule has 5 heteroatoms. The molecule has 2 aromatic carbocycles. The zero-order chi connectivity index (χ0) is 14.3. The van der Waals surface area contributed by atoms with Crippen molar-refractivity contribution >= 4 is 44.3 Å². The average Bonchev–Trinajstić information content (AvgIpc) is 2.39. The van der Waals surface area contributed by atoms with Crippen LogP contribution in [0, 0.1) is 6.92 Å². The van der Waals surface area contributed by atoms with Crippen LogP contribution < -0.4 is 5.73 Å². The Morgan fingerprint density at radius 2 is 1.90 bits per heavy atom. The zero-order valence-electron chi connectivity index (χ0n) is 10.7. The molecule has 0 aliphatic heterocycles. The van der Waals surface area contributed by atoms with Crippen LogP contribution in [0.3, 0.4) is 0 Å². The molecule has 0 atom stereocenters. The molecule has 100 valence electrons. The SMILES string of the molecule is Cc1cc(Cl)ccc1-c1nc(N)c2cc(Br)ccc2n1. The minimum absolute atomic E-state index is 0.473. The number of anilines is 1. The van der Waals surface area contributed by atoms with Gasteiger partial charge in [-0.2, -0.15) is 0 Å². The van der Waals surface area contributed by atoms with Crippen molar-refractivity contribution in [2.45, 2.75) is 6.92 Å². The van der Waals surface area contributed by atoms with Gasteiger partial charge in [0.25, 0.3) is 0 Å². The van der Waals surface area contributed by atoms with Gasteiger partial charge >= 0.3 is 0 Å². The van der Waals surface area contributed by atoms with Crippen LogP contribution in [0.25, 0.3) is 22.3 Å². The van der Waals surface area contributed by atoms with E-state index in [9.17, 15) is 0 Å². The van der Waals surface area contributed by atoms with Gasteiger partial charge in [-0.25, -0.2) is 9.97 Å². The number of rotatable bonds is 1. The van der Waals surface area contributed by atoms with Crippen molar-refractivity contribution < 1.29 is 0 Å². The van der Waals surface area contributed by atoms with Crippen molar-refractivity contribution in [3.63, 3.8) is 0 Å². The zero-order valence-corrected chi connectivity index (χ0v) is 13.0. The molecular weight excluding hydrogens is 338 g/mol. The highest BCUT2D eigenvalue weighted by Crippen LogP contribution is 2.28. The summed E-state index contributed by atoms with van der Waals surface area (Å²) in [4.78, 5) is 8.99. The number of hydrogen-bond donors (Lipinski definition) is 1. The van der Waals surface area contributed by atoms with Crippen LogP contribution in [0.15, 0.2) is 40.9 Å². The van der Waals surface area contributed by atoms with Gasteiger partial charge in [0.15, 0.2) is 5.82 Å². The molecule has 3 rings (SSSR count). The summed E-state index contributed by atoms with van der Waals surface area (Å²) in [6.45, 7) is 1.98. The fourth-order valence-electron chi connectivity index (χ4n) is 2.12. The number of nitrogens with zero attached hydrogens (tertiary/aromatic N) is 2. The first-order valence-corrected chi connectivity index (χ1v) is 7.21. The lowest BCUT2D eigenvalue weighted by Crippen LogP contribution is -1.98. The number of nitrogen functional groups attached to an aromatic ring is 1. The van der Waals surface area contributed by atoms with Crippen molar-refractivity contribution in [1.82, 2.24) is 9.97 Å². The van der Waals surface area contributed by atoms with E-state index in [-0.39, 0.29) is 0 Å². The molecule has 0 spiro atoms. The highest BCUT2D eigenvalue weighted by atomic mass is 79.9. The molecule has 3 nitrogen and oxygen atoms in total. The van der Waals surface area contributed by atoms with Crippen LogP contribution in [0.5, 0.6) is 0 Å². The molecule has 1 heterocycles. The van der Waals surface area contributed by atoms with Gasteiger partial charge in [-0.3, -0.25) is 0 Å². The Labute approximate surface area is 129 Å². The lowest BCUT2D eigenvalue weighted by Gasteiger charge is -2.08. The fraction of sp³-hybridized carbons (Fsp3) is 0.0667. The van der Waals surface area contributed by atoms with Crippen LogP contribution in [0.4, 0.5) is 5.82 Å². The predicted octanol–water partition coefficient (Wildman–Crippen LogP) is 4.60. The molecule has 0 radical (unpaired) electrons. The maximum absolute atomic E-state index is 6.05. The summed E-state index contributed by atoms with van der Waals surface area (Å²) in [5.41, 5.74) is 8.83. The van der Waals surface area contributed by atoms with E-state index in [1.165, 1.54) is 0 Å². The van der Waals surface area contributed by atoms with Gasteiger partial charge < -0.3 is 5.73 Å². The van der Waals surface area contributed by atoms with Crippen molar-refractivity contribution in [2.75, 3.05) is 5.73 Å². The second-order valence-electron chi connectivity index (χ2n) is 4.55. The first-order chi connectivity index (χ1) is 9.54. The van der Waals surface area contributed by atoms with Crippen LogP contribution in [0.1, 0.15) is 5.56 Å². The molecule has 0 saturated heterocycles. The Morgan fingerprint density at radius 1 is 1.10 bits per heavy atom. The molecule has 0 saturated carbocycles. The highest BCUT2D eigenvalue weighted by molar-refractivity contribution is 9.10. The molecule has 3 aromatic rings. The van der Waals surface area contributed by atoms with E-state index in [1.807, 2.05) is 43.3 Å². The molecule has 0 aliphatic carbocycles. The van der Waals surface area contributed by atoms with Crippen LogP contribution >= 0.6 is 27.5 Å². The summed E-state index contributed by atoms with van der Waals surface area (Å²) in [6, 6.07) is 11.4. The van der Waals surface area contributed by atoms with Gasteiger partial charge in [-0.1, -0.05) is 27.5 Å². The quantitative estimate of drug-likeness (QED) is 0.699. The Bertz CT molecular complexity index is 818. The van der Waals surface area contributed by atoms with Gasteiger partial charge in [-0.05, 0) is 48.9 Å². The molecule has 0 aliphatic rings. The maximum Gasteiger partial charge on any atom is 0.162 e. The lowest BCUT2D eigenvalue weighted by molar-refractivity contribution is 1.22. The van der Waals surface area contributed by atoms with Crippen molar-refractivity contribution in [3.05, 3.63) is 51.5 Å². The topological polar surface area (TPSA) is 51.8 Å². The average molecular weight is 349 g/mol. The van der Waals surface area contributed by atoms with Crippen LogP contribution in [0.2, 0.25) is 5.02 Å². The smallest absolute Gasteiger partial charge is 0.162 e.